The number of aliphatic hydroxyl groups is 1. The smallest absolute Gasteiger partial charge is 0.320 e. The third-order valence-electron chi connectivity index (χ3n) is 0.757. The Balaban J connectivity index is 0. The fourth-order valence-electron chi connectivity index (χ4n) is 0.263. The van der Waals surface area contributed by atoms with E-state index in [1.165, 1.54) is 0 Å². The molecule has 0 saturated carbocycles. The number of rotatable bonds is 3. The van der Waals surface area contributed by atoms with E-state index >= 15 is 0 Å². The van der Waals surface area contributed by atoms with Crippen molar-refractivity contribution < 1.29 is 15.0 Å². The molecule has 0 heterocycles. The zero-order chi connectivity index (χ0) is 10.1. The summed E-state index contributed by atoms with van der Waals surface area (Å²) >= 11 is 0. The molecule has 74 valence electrons. The number of carbonyl (C=O) groups is 1. The van der Waals surface area contributed by atoms with Crippen molar-refractivity contribution in [2.45, 2.75) is 12.5 Å². The van der Waals surface area contributed by atoms with E-state index < -0.39 is 12.0 Å². The molecule has 0 fully saturated rings. The average Bonchev–Trinajstić information content (AvgIpc) is 1.86. The quantitative estimate of drug-likeness (QED) is 0.514. The molecule has 0 aliphatic heterocycles. The summed E-state index contributed by atoms with van der Waals surface area (Å²) in [6, 6.07) is -0.917. The number of carboxylic acid groups (broad SMARTS) is 1. The van der Waals surface area contributed by atoms with Gasteiger partial charge in [0.25, 0.3) is 0 Å². The van der Waals surface area contributed by atoms with Gasteiger partial charge in [-0.25, -0.2) is 0 Å². The molecular formula is C7H18N2O3. The van der Waals surface area contributed by atoms with Gasteiger partial charge in [0.05, 0.1) is 0 Å². The van der Waals surface area contributed by atoms with Crippen LogP contribution in [0.2, 0.25) is 0 Å². The van der Waals surface area contributed by atoms with Crippen LogP contribution in [0.4, 0.5) is 0 Å². The van der Waals surface area contributed by atoms with Crippen LogP contribution in [0.5, 0.6) is 0 Å². The Morgan fingerprint density at radius 2 is 1.83 bits per heavy atom. The summed E-state index contributed by atoms with van der Waals surface area (Å²) < 4.78 is 0. The minimum absolute atomic E-state index is 0.120. The first kappa shape index (κ1) is 13.9. The Morgan fingerprint density at radius 1 is 1.50 bits per heavy atom. The zero-order valence-corrected chi connectivity index (χ0v) is 7.82. The number of hydrogen-bond acceptors (Lipinski definition) is 4. The largest absolute Gasteiger partial charge is 0.480 e. The van der Waals surface area contributed by atoms with Gasteiger partial charge in [0.1, 0.15) is 6.04 Å². The Kier molecular flexibility index (Phi) is 9.79. The Morgan fingerprint density at radius 3 is 1.92 bits per heavy atom. The highest BCUT2D eigenvalue weighted by Gasteiger charge is 2.08. The van der Waals surface area contributed by atoms with Crippen molar-refractivity contribution >= 4 is 5.97 Å². The van der Waals surface area contributed by atoms with Gasteiger partial charge >= 0.3 is 5.97 Å². The van der Waals surface area contributed by atoms with E-state index in [-0.39, 0.29) is 13.0 Å². The summed E-state index contributed by atoms with van der Waals surface area (Å²) in [5.41, 5.74) is 4.97. The molecule has 0 aliphatic carbocycles. The van der Waals surface area contributed by atoms with Gasteiger partial charge < -0.3 is 20.8 Å². The highest BCUT2D eigenvalue weighted by Crippen LogP contribution is 1.83. The molecule has 0 aromatic carbocycles. The molecule has 0 radical (unpaired) electrons. The lowest BCUT2D eigenvalue weighted by Crippen LogP contribution is -2.30. The third-order valence-corrected chi connectivity index (χ3v) is 0.757. The van der Waals surface area contributed by atoms with Gasteiger partial charge in [0.2, 0.25) is 0 Å². The van der Waals surface area contributed by atoms with Crippen LogP contribution in [0.25, 0.3) is 0 Å². The monoisotopic (exact) mass is 178 g/mol. The summed E-state index contributed by atoms with van der Waals surface area (Å²) in [6.45, 7) is -0.173. The number of aliphatic carboxylic acids is 1. The maximum absolute atomic E-state index is 9.85. The van der Waals surface area contributed by atoms with Crippen molar-refractivity contribution in [3.8, 4) is 0 Å². The van der Waals surface area contributed by atoms with E-state index in [0.717, 1.165) is 0 Å². The van der Waals surface area contributed by atoms with E-state index in [9.17, 15) is 4.79 Å². The fraction of sp³-hybridized carbons (Fsp3) is 0.857. The van der Waals surface area contributed by atoms with Crippen molar-refractivity contribution in [3.63, 3.8) is 0 Å². The summed E-state index contributed by atoms with van der Waals surface area (Å²) in [5, 5.41) is 16.2. The molecule has 0 aliphatic rings. The predicted molar refractivity (Wildman–Crippen MR) is 46.9 cm³/mol. The molecule has 0 bridgehead atoms. The van der Waals surface area contributed by atoms with E-state index in [0.29, 0.717) is 0 Å². The number of hydrogen-bond donors (Lipinski definition) is 3. The number of nitrogens with two attached hydrogens (primary N) is 1. The first-order chi connectivity index (χ1) is 5.41. The van der Waals surface area contributed by atoms with E-state index in [4.69, 9.17) is 15.9 Å². The molecule has 1 atom stereocenters. The van der Waals surface area contributed by atoms with Crippen LogP contribution in [-0.4, -0.2) is 54.9 Å². The molecule has 0 aromatic rings. The van der Waals surface area contributed by atoms with Crippen LogP contribution >= 0.6 is 0 Å². The van der Waals surface area contributed by atoms with Crippen LogP contribution < -0.4 is 5.73 Å². The van der Waals surface area contributed by atoms with Crippen LogP contribution in [0.15, 0.2) is 0 Å². The highest BCUT2D eigenvalue weighted by atomic mass is 16.4. The summed E-state index contributed by atoms with van der Waals surface area (Å²) in [5.74, 6) is -1.07. The minimum atomic E-state index is -1.07. The van der Waals surface area contributed by atoms with Crippen LogP contribution in [0, 0.1) is 0 Å². The van der Waals surface area contributed by atoms with Gasteiger partial charge in [-0.1, -0.05) is 0 Å². The number of nitrogens with zero attached hydrogens (tertiary/aromatic N) is 1. The van der Waals surface area contributed by atoms with Gasteiger partial charge in [0, 0.05) is 6.61 Å². The van der Waals surface area contributed by atoms with Crippen molar-refractivity contribution in [2.75, 3.05) is 27.7 Å². The van der Waals surface area contributed by atoms with Gasteiger partial charge in [-0.05, 0) is 27.6 Å². The average molecular weight is 178 g/mol. The van der Waals surface area contributed by atoms with Crippen LogP contribution in [0.3, 0.4) is 0 Å². The minimum Gasteiger partial charge on any atom is -0.480 e. The Labute approximate surface area is 72.8 Å². The number of aliphatic hydroxyl groups excluding tert-OH is 1. The van der Waals surface area contributed by atoms with Crippen molar-refractivity contribution in [1.29, 1.82) is 0 Å². The highest BCUT2D eigenvalue weighted by molar-refractivity contribution is 5.72. The maximum atomic E-state index is 9.85. The van der Waals surface area contributed by atoms with E-state index in [1.807, 2.05) is 26.0 Å². The topological polar surface area (TPSA) is 86.8 Å². The van der Waals surface area contributed by atoms with Gasteiger partial charge in [-0.15, -0.1) is 0 Å². The molecule has 0 amide bonds. The molecule has 0 unspecified atom stereocenters. The molecule has 0 saturated heterocycles. The predicted octanol–water partition coefficient (Wildman–Crippen LogP) is -1.04. The molecule has 4 N–H and O–H groups in total. The fourth-order valence-corrected chi connectivity index (χ4v) is 0.263. The van der Waals surface area contributed by atoms with Crippen molar-refractivity contribution in [2.24, 2.45) is 5.73 Å². The standard InChI is InChI=1S/C4H9NO3.C3H9N/c5-3(1-2-6)4(7)8;1-4(2)3/h3,6H,1-2,5H2,(H,7,8);1-3H3/t3-;/m0./s1. The van der Waals surface area contributed by atoms with Crippen molar-refractivity contribution in [3.05, 3.63) is 0 Å². The lowest BCUT2D eigenvalue weighted by molar-refractivity contribution is -0.138. The second-order valence-electron chi connectivity index (χ2n) is 2.80. The molecule has 0 spiro atoms. The normalized spacial score (nSPS) is 11.8. The Hall–Kier alpha value is -0.650. The molecule has 5 heteroatoms. The first-order valence-corrected chi connectivity index (χ1v) is 3.62. The molecule has 0 rings (SSSR count). The molecule has 12 heavy (non-hydrogen) atoms. The van der Waals surface area contributed by atoms with Gasteiger partial charge in [0.15, 0.2) is 0 Å². The third kappa shape index (κ3) is 16.2. The molecular weight excluding hydrogens is 160 g/mol. The second-order valence-corrected chi connectivity index (χ2v) is 2.80. The SMILES string of the molecule is CN(C)C.N[C@@H](CCO)C(=O)O. The zero-order valence-electron chi connectivity index (χ0n) is 7.82. The van der Waals surface area contributed by atoms with Crippen LogP contribution in [0.1, 0.15) is 6.42 Å². The maximum Gasteiger partial charge on any atom is 0.320 e. The van der Waals surface area contributed by atoms with E-state index in [2.05, 4.69) is 0 Å². The summed E-state index contributed by atoms with van der Waals surface area (Å²) in [4.78, 5) is 11.9. The van der Waals surface area contributed by atoms with Crippen molar-refractivity contribution in [1.82, 2.24) is 4.90 Å². The number of carboxylic acids is 1. The first-order valence-electron chi connectivity index (χ1n) is 3.62. The lowest BCUT2D eigenvalue weighted by Gasteiger charge is -2.00. The second kappa shape index (κ2) is 8.45. The lowest BCUT2D eigenvalue weighted by atomic mass is 10.2. The Bertz CT molecular complexity index is 114. The molecule has 0 aromatic heterocycles. The van der Waals surface area contributed by atoms with E-state index in [1.54, 1.807) is 0 Å². The molecule has 5 nitrogen and oxygen atoms in total. The van der Waals surface area contributed by atoms with Crippen LogP contribution in [-0.2, 0) is 4.79 Å². The van der Waals surface area contributed by atoms with Gasteiger partial charge in [-0.2, -0.15) is 0 Å². The van der Waals surface area contributed by atoms with Gasteiger partial charge in [-0.3, -0.25) is 4.79 Å². The summed E-state index contributed by atoms with van der Waals surface area (Å²) in [7, 11) is 6.00. The summed E-state index contributed by atoms with van der Waals surface area (Å²) in [6.07, 6.45) is 0.120.